The maximum absolute atomic E-state index is 13.6. The Kier molecular flexibility index (Phi) is 3.15. The molecule has 0 aromatic heterocycles. The molecule has 0 aliphatic heterocycles. The van der Waals surface area contributed by atoms with Crippen molar-refractivity contribution in [1.82, 2.24) is 0 Å². The van der Waals surface area contributed by atoms with Crippen molar-refractivity contribution in [2.45, 2.75) is 13.8 Å². The molecule has 0 radical (unpaired) electrons. The largest absolute Gasteiger partial charge is 0.478 e. The first-order valence-corrected chi connectivity index (χ1v) is 5.59. The zero-order valence-corrected chi connectivity index (χ0v) is 10.2. The molecule has 0 fully saturated rings. The third kappa shape index (κ3) is 2.25. The molecule has 0 atom stereocenters. The second-order valence-electron chi connectivity index (χ2n) is 4.34. The molecule has 0 amide bonds. The van der Waals surface area contributed by atoms with E-state index in [0.717, 1.165) is 22.8 Å². The van der Waals surface area contributed by atoms with E-state index in [1.54, 1.807) is 6.07 Å². The monoisotopic (exact) mass is 244 g/mol. The fourth-order valence-corrected chi connectivity index (χ4v) is 2.11. The smallest absolute Gasteiger partial charge is 0.339 e. The van der Waals surface area contributed by atoms with Crippen LogP contribution in [0.5, 0.6) is 0 Å². The van der Waals surface area contributed by atoms with Crippen molar-refractivity contribution < 1.29 is 14.3 Å². The van der Waals surface area contributed by atoms with Gasteiger partial charge in [-0.3, -0.25) is 0 Å². The molecule has 0 saturated carbocycles. The summed E-state index contributed by atoms with van der Waals surface area (Å²) in [6.45, 7) is 3.85. The molecule has 1 N–H and O–H groups in total. The highest BCUT2D eigenvalue weighted by Crippen LogP contribution is 2.27. The summed E-state index contributed by atoms with van der Waals surface area (Å²) >= 11 is 0. The molecule has 0 saturated heterocycles. The summed E-state index contributed by atoms with van der Waals surface area (Å²) in [5.74, 6) is -1.96. The molecule has 0 aliphatic rings. The van der Waals surface area contributed by atoms with Gasteiger partial charge in [-0.25, -0.2) is 9.18 Å². The van der Waals surface area contributed by atoms with Gasteiger partial charge in [0, 0.05) is 0 Å². The Morgan fingerprint density at radius 2 is 1.72 bits per heavy atom. The number of halogens is 1. The van der Waals surface area contributed by atoms with Crippen molar-refractivity contribution in [1.29, 1.82) is 0 Å². The SMILES string of the molecule is Cc1cc(C)cc(-c2cccc(F)c2C(=O)O)c1. The number of carbonyl (C=O) groups is 1. The maximum atomic E-state index is 13.6. The van der Waals surface area contributed by atoms with Crippen molar-refractivity contribution in [2.75, 3.05) is 0 Å². The summed E-state index contributed by atoms with van der Waals surface area (Å²) in [5.41, 5.74) is 2.90. The van der Waals surface area contributed by atoms with Crippen molar-refractivity contribution in [2.24, 2.45) is 0 Å². The fraction of sp³-hybridized carbons (Fsp3) is 0.133. The Labute approximate surface area is 105 Å². The second-order valence-corrected chi connectivity index (χ2v) is 4.34. The minimum Gasteiger partial charge on any atom is -0.478 e. The van der Waals surface area contributed by atoms with E-state index in [9.17, 15) is 9.18 Å². The highest BCUT2D eigenvalue weighted by atomic mass is 19.1. The molecule has 3 heteroatoms. The molecule has 0 heterocycles. The highest BCUT2D eigenvalue weighted by molar-refractivity contribution is 5.96. The number of aryl methyl sites for hydroxylation is 2. The number of hydrogen-bond acceptors (Lipinski definition) is 1. The maximum Gasteiger partial charge on any atom is 0.339 e. The summed E-state index contributed by atoms with van der Waals surface area (Å²) in [6, 6.07) is 10.0. The minimum absolute atomic E-state index is 0.275. The normalized spacial score (nSPS) is 10.4. The minimum atomic E-state index is -1.25. The van der Waals surface area contributed by atoms with Gasteiger partial charge in [0.1, 0.15) is 11.4 Å². The third-order valence-corrected chi connectivity index (χ3v) is 2.76. The molecule has 92 valence electrons. The van der Waals surface area contributed by atoms with Gasteiger partial charge < -0.3 is 5.11 Å². The van der Waals surface area contributed by atoms with E-state index in [2.05, 4.69) is 0 Å². The number of rotatable bonds is 2. The van der Waals surface area contributed by atoms with Crippen LogP contribution in [0.25, 0.3) is 11.1 Å². The lowest BCUT2D eigenvalue weighted by atomic mass is 9.96. The molecule has 18 heavy (non-hydrogen) atoms. The second kappa shape index (κ2) is 4.61. The number of carboxylic acid groups (broad SMARTS) is 1. The Morgan fingerprint density at radius 1 is 1.11 bits per heavy atom. The van der Waals surface area contributed by atoms with E-state index in [-0.39, 0.29) is 5.56 Å². The van der Waals surface area contributed by atoms with Crippen LogP contribution in [0.1, 0.15) is 21.5 Å². The molecular weight excluding hydrogens is 231 g/mol. The molecule has 0 bridgehead atoms. The van der Waals surface area contributed by atoms with Crippen LogP contribution in [0.4, 0.5) is 4.39 Å². The van der Waals surface area contributed by atoms with Crippen LogP contribution >= 0.6 is 0 Å². The van der Waals surface area contributed by atoms with E-state index in [1.807, 2.05) is 32.0 Å². The number of hydrogen-bond donors (Lipinski definition) is 1. The van der Waals surface area contributed by atoms with E-state index in [0.29, 0.717) is 5.56 Å². The van der Waals surface area contributed by atoms with Gasteiger partial charge in [-0.05, 0) is 31.0 Å². The summed E-state index contributed by atoms with van der Waals surface area (Å²) in [5, 5.41) is 9.11. The van der Waals surface area contributed by atoms with E-state index in [1.165, 1.54) is 6.07 Å². The molecule has 0 aliphatic carbocycles. The van der Waals surface area contributed by atoms with Crippen molar-refractivity contribution in [3.8, 4) is 11.1 Å². The lowest BCUT2D eigenvalue weighted by molar-refractivity contribution is 0.0693. The van der Waals surface area contributed by atoms with Crippen LogP contribution < -0.4 is 0 Å². The topological polar surface area (TPSA) is 37.3 Å². The van der Waals surface area contributed by atoms with E-state index in [4.69, 9.17) is 5.11 Å². The predicted octanol–water partition coefficient (Wildman–Crippen LogP) is 3.81. The lowest BCUT2D eigenvalue weighted by Crippen LogP contribution is -2.03. The van der Waals surface area contributed by atoms with Gasteiger partial charge in [0.25, 0.3) is 0 Å². The average molecular weight is 244 g/mol. The molecule has 0 spiro atoms. The third-order valence-electron chi connectivity index (χ3n) is 2.76. The van der Waals surface area contributed by atoms with Gasteiger partial charge in [-0.15, -0.1) is 0 Å². The number of carboxylic acids is 1. The highest BCUT2D eigenvalue weighted by Gasteiger charge is 2.16. The summed E-state index contributed by atoms with van der Waals surface area (Å²) in [6.07, 6.45) is 0. The van der Waals surface area contributed by atoms with Gasteiger partial charge in [0.15, 0.2) is 0 Å². The lowest BCUT2D eigenvalue weighted by Gasteiger charge is -2.09. The summed E-state index contributed by atoms with van der Waals surface area (Å²) in [4.78, 5) is 11.1. The van der Waals surface area contributed by atoms with E-state index < -0.39 is 11.8 Å². The molecule has 2 nitrogen and oxygen atoms in total. The summed E-state index contributed by atoms with van der Waals surface area (Å²) < 4.78 is 13.6. The standard InChI is InChI=1S/C15H13FO2/c1-9-6-10(2)8-11(7-9)12-4-3-5-13(16)14(12)15(17)18/h3-8H,1-2H3,(H,17,18). The first-order chi connectivity index (χ1) is 8.49. The molecule has 2 rings (SSSR count). The van der Waals surface area contributed by atoms with Crippen LogP contribution in [0, 0.1) is 19.7 Å². The number of aromatic carboxylic acids is 1. The Morgan fingerprint density at radius 3 is 2.28 bits per heavy atom. The van der Waals surface area contributed by atoms with Crippen LogP contribution in [0.15, 0.2) is 36.4 Å². The Balaban J connectivity index is 2.71. The van der Waals surface area contributed by atoms with Crippen LogP contribution in [0.2, 0.25) is 0 Å². The van der Waals surface area contributed by atoms with Crippen molar-refractivity contribution in [3.63, 3.8) is 0 Å². The van der Waals surface area contributed by atoms with Gasteiger partial charge in [-0.1, -0.05) is 41.5 Å². The van der Waals surface area contributed by atoms with E-state index >= 15 is 0 Å². The fourth-order valence-electron chi connectivity index (χ4n) is 2.11. The molecule has 0 unspecified atom stereocenters. The van der Waals surface area contributed by atoms with Gasteiger partial charge in [0.05, 0.1) is 0 Å². The summed E-state index contributed by atoms with van der Waals surface area (Å²) in [7, 11) is 0. The van der Waals surface area contributed by atoms with Crippen LogP contribution in [0.3, 0.4) is 0 Å². The zero-order valence-electron chi connectivity index (χ0n) is 10.2. The quantitative estimate of drug-likeness (QED) is 0.872. The molecule has 2 aromatic carbocycles. The zero-order chi connectivity index (χ0) is 13.3. The predicted molar refractivity (Wildman–Crippen MR) is 68.3 cm³/mol. The van der Waals surface area contributed by atoms with Crippen molar-refractivity contribution in [3.05, 3.63) is 58.9 Å². The Hall–Kier alpha value is -2.16. The first-order valence-electron chi connectivity index (χ1n) is 5.59. The van der Waals surface area contributed by atoms with Gasteiger partial charge in [-0.2, -0.15) is 0 Å². The van der Waals surface area contributed by atoms with Gasteiger partial charge in [0.2, 0.25) is 0 Å². The van der Waals surface area contributed by atoms with Crippen LogP contribution in [-0.2, 0) is 0 Å². The molecular formula is C15H13FO2. The molecule has 2 aromatic rings. The Bertz CT molecular complexity index is 598. The first kappa shape index (κ1) is 12.3. The average Bonchev–Trinajstić information content (AvgIpc) is 2.26. The number of benzene rings is 2. The van der Waals surface area contributed by atoms with Crippen molar-refractivity contribution >= 4 is 5.97 Å². The van der Waals surface area contributed by atoms with Crippen LogP contribution in [-0.4, -0.2) is 11.1 Å². The van der Waals surface area contributed by atoms with Gasteiger partial charge >= 0.3 is 5.97 Å².